The van der Waals surface area contributed by atoms with Crippen LogP contribution in [0.15, 0.2) is 48.7 Å². The Hall–Kier alpha value is -2.80. The second-order valence-corrected chi connectivity index (χ2v) is 8.10. The van der Waals surface area contributed by atoms with Gasteiger partial charge in [0.25, 0.3) is 0 Å². The molecule has 1 aromatic carbocycles. The molecule has 0 unspecified atom stereocenters. The number of halogens is 1. The quantitative estimate of drug-likeness (QED) is 0.764. The Morgan fingerprint density at radius 2 is 1.87 bits per heavy atom. The van der Waals surface area contributed by atoms with Gasteiger partial charge in [0.2, 0.25) is 11.8 Å². The van der Waals surface area contributed by atoms with Gasteiger partial charge in [-0.25, -0.2) is 9.78 Å². The molecule has 2 fully saturated rings. The number of aromatic nitrogens is 1. The first-order valence-electron chi connectivity index (χ1n) is 10.3. The van der Waals surface area contributed by atoms with E-state index in [2.05, 4.69) is 10.3 Å². The molecule has 0 radical (unpaired) electrons. The summed E-state index contributed by atoms with van der Waals surface area (Å²) in [5.41, 5.74) is 0.790. The summed E-state index contributed by atoms with van der Waals surface area (Å²) in [4.78, 5) is 32.6. The summed E-state index contributed by atoms with van der Waals surface area (Å²) in [5, 5.41) is 3.70. The monoisotopic (exact) mass is 428 g/mol. The van der Waals surface area contributed by atoms with Gasteiger partial charge >= 0.3 is 6.03 Å². The zero-order valence-electron chi connectivity index (χ0n) is 16.7. The number of carbonyl (C=O) groups excluding carboxylic acids is 2. The molecule has 30 heavy (non-hydrogen) atoms. The lowest BCUT2D eigenvalue weighted by Gasteiger charge is -2.29. The molecule has 4 rings (SSSR count). The summed E-state index contributed by atoms with van der Waals surface area (Å²) in [7, 11) is 0. The number of pyridine rings is 1. The van der Waals surface area contributed by atoms with E-state index in [1.54, 1.807) is 28.1 Å². The van der Waals surface area contributed by atoms with Gasteiger partial charge in [-0.1, -0.05) is 17.7 Å². The Bertz CT molecular complexity index is 870. The van der Waals surface area contributed by atoms with E-state index in [0.717, 1.165) is 31.4 Å². The molecule has 2 aliphatic rings. The normalized spacial score (nSPS) is 21.6. The minimum atomic E-state index is -0.153. The van der Waals surface area contributed by atoms with Crippen LogP contribution in [0.5, 0.6) is 5.88 Å². The van der Waals surface area contributed by atoms with E-state index in [4.69, 9.17) is 16.3 Å². The summed E-state index contributed by atoms with van der Waals surface area (Å²) in [5.74, 6) is 0.526. The third-order valence-corrected chi connectivity index (χ3v) is 5.78. The molecule has 158 valence electrons. The molecule has 1 aromatic heterocycles. The van der Waals surface area contributed by atoms with Gasteiger partial charge in [-0.2, -0.15) is 0 Å². The van der Waals surface area contributed by atoms with Gasteiger partial charge in [-0.15, -0.1) is 0 Å². The maximum atomic E-state index is 12.7. The van der Waals surface area contributed by atoms with E-state index in [1.165, 1.54) is 0 Å². The first kappa shape index (κ1) is 20.5. The number of hydrogen-bond donors (Lipinski definition) is 1. The molecule has 3 amide bonds. The Labute approximate surface area is 181 Å². The third kappa shape index (κ3) is 5.02. The lowest BCUT2D eigenvalue weighted by molar-refractivity contribution is -0.122. The second kappa shape index (κ2) is 9.34. The fourth-order valence-corrected chi connectivity index (χ4v) is 4.08. The van der Waals surface area contributed by atoms with Crippen molar-refractivity contribution in [3.8, 4) is 5.88 Å². The molecular formula is C22H25ClN4O3. The molecule has 2 aromatic rings. The SMILES string of the molecule is O=C(CN1CCN(c2ccc(Cl)cc2)C1=O)NC1CCC(Oc2ccccn2)CC1. The van der Waals surface area contributed by atoms with Crippen molar-refractivity contribution in [2.75, 3.05) is 24.5 Å². The van der Waals surface area contributed by atoms with E-state index < -0.39 is 0 Å². The molecule has 0 bridgehead atoms. The average molecular weight is 429 g/mol. The largest absolute Gasteiger partial charge is 0.474 e. The molecular weight excluding hydrogens is 404 g/mol. The summed E-state index contributed by atoms with van der Waals surface area (Å²) in [6, 6.07) is 12.7. The number of nitrogens with zero attached hydrogens (tertiary/aromatic N) is 3. The average Bonchev–Trinajstić information content (AvgIpc) is 3.11. The molecule has 2 heterocycles. The first-order valence-corrected chi connectivity index (χ1v) is 10.7. The summed E-state index contributed by atoms with van der Waals surface area (Å²) in [6.07, 6.45) is 5.29. The second-order valence-electron chi connectivity index (χ2n) is 7.66. The van der Waals surface area contributed by atoms with Gasteiger partial charge in [0.15, 0.2) is 0 Å². The summed E-state index contributed by atoms with van der Waals surface area (Å²) >= 11 is 5.92. The van der Waals surface area contributed by atoms with E-state index in [0.29, 0.717) is 24.0 Å². The van der Waals surface area contributed by atoms with Crippen LogP contribution in [0.25, 0.3) is 0 Å². The van der Waals surface area contributed by atoms with Crippen molar-refractivity contribution < 1.29 is 14.3 Å². The van der Waals surface area contributed by atoms with Crippen molar-refractivity contribution in [2.24, 2.45) is 0 Å². The van der Waals surface area contributed by atoms with Crippen LogP contribution >= 0.6 is 11.6 Å². The van der Waals surface area contributed by atoms with Crippen molar-refractivity contribution in [3.05, 3.63) is 53.7 Å². The molecule has 1 N–H and O–H groups in total. The first-order chi connectivity index (χ1) is 14.6. The lowest BCUT2D eigenvalue weighted by Crippen LogP contribution is -2.45. The van der Waals surface area contributed by atoms with Gasteiger partial charge in [-0.3, -0.25) is 9.69 Å². The van der Waals surface area contributed by atoms with E-state index in [1.807, 2.05) is 30.3 Å². The van der Waals surface area contributed by atoms with Crippen LogP contribution in [0.1, 0.15) is 25.7 Å². The van der Waals surface area contributed by atoms with Crippen LogP contribution in [0.3, 0.4) is 0 Å². The highest BCUT2D eigenvalue weighted by molar-refractivity contribution is 6.30. The number of rotatable bonds is 6. The number of anilines is 1. The Kier molecular flexibility index (Phi) is 6.38. The van der Waals surface area contributed by atoms with Crippen molar-refractivity contribution in [3.63, 3.8) is 0 Å². The lowest BCUT2D eigenvalue weighted by atomic mass is 9.93. The molecule has 7 nitrogen and oxygen atoms in total. The molecule has 0 atom stereocenters. The minimum Gasteiger partial charge on any atom is -0.474 e. The fraction of sp³-hybridized carbons (Fsp3) is 0.409. The highest BCUT2D eigenvalue weighted by atomic mass is 35.5. The Morgan fingerprint density at radius 3 is 2.57 bits per heavy atom. The van der Waals surface area contributed by atoms with Crippen LogP contribution in [0.2, 0.25) is 5.02 Å². The summed E-state index contributed by atoms with van der Waals surface area (Å²) < 4.78 is 5.90. The third-order valence-electron chi connectivity index (χ3n) is 5.53. The van der Waals surface area contributed by atoms with Gasteiger partial charge in [0, 0.05) is 42.1 Å². The molecule has 1 saturated heterocycles. The Morgan fingerprint density at radius 1 is 1.10 bits per heavy atom. The van der Waals surface area contributed by atoms with Crippen molar-refractivity contribution in [1.82, 2.24) is 15.2 Å². The molecule has 1 aliphatic heterocycles. The van der Waals surface area contributed by atoms with E-state index >= 15 is 0 Å². The number of nitrogens with one attached hydrogen (secondary N) is 1. The van der Waals surface area contributed by atoms with Crippen molar-refractivity contribution in [2.45, 2.75) is 37.8 Å². The number of benzene rings is 1. The number of carbonyl (C=O) groups is 2. The van der Waals surface area contributed by atoms with Crippen LogP contribution in [0.4, 0.5) is 10.5 Å². The predicted molar refractivity (Wildman–Crippen MR) is 115 cm³/mol. The van der Waals surface area contributed by atoms with Gasteiger partial charge in [-0.05, 0) is 56.0 Å². The molecule has 0 spiro atoms. The van der Waals surface area contributed by atoms with Crippen molar-refractivity contribution in [1.29, 1.82) is 0 Å². The zero-order chi connectivity index (χ0) is 20.9. The van der Waals surface area contributed by atoms with Crippen LogP contribution < -0.4 is 15.0 Å². The van der Waals surface area contributed by atoms with Gasteiger partial charge in [0.1, 0.15) is 12.6 Å². The zero-order valence-corrected chi connectivity index (χ0v) is 17.4. The van der Waals surface area contributed by atoms with E-state index in [9.17, 15) is 9.59 Å². The Balaban J connectivity index is 1.22. The van der Waals surface area contributed by atoms with Crippen LogP contribution in [-0.4, -0.2) is 53.6 Å². The van der Waals surface area contributed by atoms with Crippen LogP contribution in [0, 0.1) is 0 Å². The molecule has 8 heteroatoms. The number of ether oxygens (including phenoxy) is 1. The highest BCUT2D eigenvalue weighted by Crippen LogP contribution is 2.24. The number of amides is 3. The van der Waals surface area contributed by atoms with E-state index in [-0.39, 0.29) is 30.6 Å². The predicted octanol–water partition coefficient (Wildman–Crippen LogP) is 3.48. The van der Waals surface area contributed by atoms with Gasteiger partial charge in [0.05, 0.1) is 0 Å². The number of hydrogen-bond acceptors (Lipinski definition) is 4. The topological polar surface area (TPSA) is 74.8 Å². The van der Waals surface area contributed by atoms with Gasteiger partial charge < -0.3 is 15.0 Å². The highest BCUT2D eigenvalue weighted by Gasteiger charge is 2.31. The van der Waals surface area contributed by atoms with Crippen molar-refractivity contribution >= 4 is 29.2 Å². The standard InChI is InChI=1S/C22H25ClN4O3/c23-16-4-8-18(9-5-16)27-14-13-26(22(27)29)15-20(28)25-17-6-10-19(11-7-17)30-21-3-1-2-12-24-21/h1-5,8-9,12,17,19H,6-7,10-11,13-15H2,(H,25,28). The smallest absolute Gasteiger partial charge is 0.325 e. The minimum absolute atomic E-state index is 0.0767. The van der Waals surface area contributed by atoms with Crippen LogP contribution in [-0.2, 0) is 4.79 Å². The molecule has 1 saturated carbocycles. The maximum Gasteiger partial charge on any atom is 0.325 e. The molecule has 1 aliphatic carbocycles. The fourth-order valence-electron chi connectivity index (χ4n) is 3.95. The number of urea groups is 1. The summed E-state index contributed by atoms with van der Waals surface area (Å²) in [6.45, 7) is 1.16. The maximum absolute atomic E-state index is 12.7.